The molecule has 0 aliphatic carbocycles. The Bertz CT molecular complexity index is 774. The van der Waals surface area contributed by atoms with Crippen LogP contribution >= 0.6 is 11.6 Å². The molecule has 1 aliphatic heterocycles. The van der Waals surface area contributed by atoms with Crippen molar-refractivity contribution in [3.63, 3.8) is 0 Å². The lowest BCUT2D eigenvalue weighted by atomic mass is 10.2. The lowest BCUT2D eigenvalue weighted by molar-refractivity contribution is 0.0730. The van der Waals surface area contributed by atoms with Gasteiger partial charge in [-0.3, -0.25) is 14.3 Å². The second kappa shape index (κ2) is 5.81. The van der Waals surface area contributed by atoms with Crippen LogP contribution in [0.5, 0.6) is 5.75 Å². The van der Waals surface area contributed by atoms with Gasteiger partial charge in [-0.05, 0) is 5.56 Å². The minimum absolute atomic E-state index is 0.0413. The molecule has 114 valence electrons. The van der Waals surface area contributed by atoms with E-state index in [2.05, 4.69) is 5.10 Å². The number of benzene rings is 1. The van der Waals surface area contributed by atoms with Crippen molar-refractivity contribution in [3.8, 4) is 5.75 Å². The number of rotatable bonds is 3. The molecule has 1 aromatic carbocycles. The third-order valence-corrected chi connectivity index (χ3v) is 3.75. The van der Waals surface area contributed by atoms with Gasteiger partial charge in [0.15, 0.2) is 5.69 Å². The molecule has 2 heterocycles. The number of hydrogen-bond acceptors (Lipinski definition) is 4. The van der Waals surface area contributed by atoms with Gasteiger partial charge in [0.2, 0.25) is 10.9 Å². The van der Waals surface area contributed by atoms with Crippen LogP contribution in [0.1, 0.15) is 16.1 Å². The molecule has 0 saturated heterocycles. The van der Waals surface area contributed by atoms with Gasteiger partial charge in [0, 0.05) is 13.6 Å². The van der Waals surface area contributed by atoms with Gasteiger partial charge >= 0.3 is 0 Å². The van der Waals surface area contributed by atoms with E-state index in [1.54, 1.807) is 7.05 Å². The number of likely N-dealkylation sites (N-methyl/N-ethyl adjacent to an activating group) is 1. The van der Waals surface area contributed by atoms with Gasteiger partial charge in [-0.2, -0.15) is 5.10 Å². The zero-order chi connectivity index (χ0) is 15.7. The monoisotopic (exact) mass is 319 g/mol. The second-order valence-electron chi connectivity index (χ2n) is 5.02. The number of carbonyl (C=O) groups excluding carboxylic acids is 1. The molecule has 3 rings (SSSR count). The van der Waals surface area contributed by atoms with Crippen molar-refractivity contribution >= 4 is 17.5 Å². The number of nitrogens with zero attached hydrogens (tertiary/aromatic N) is 3. The standard InChI is InChI=1S/C15H14ClN3O3/c1-18-7-8-19-11(15(18)21)13(12(20)14(16)17-19)22-9-10-5-3-2-4-6-10/h2-6H,7-9H2,1H3. The van der Waals surface area contributed by atoms with Gasteiger partial charge in [0.05, 0.1) is 6.54 Å². The molecule has 0 radical (unpaired) electrons. The highest BCUT2D eigenvalue weighted by Gasteiger charge is 2.29. The van der Waals surface area contributed by atoms with Crippen LogP contribution < -0.4 is 10.2 Å². The summed E-state index contributed by atoms with van der Waals surface area (Å²) in [6.45, 7) is 1.16. The molecule has 6 nitrogen and oxygen atoms in total. The van der Waals surface area contributed by atoms with E-state index in [1.807, 2.05) is 30.3 Å². The summed E-state index contributed by atoms with van der Waals surface area (Å²) in [4.78, 5) is 26.1. The van der Waals surface area contributed by atoms with Crippen molar-refractivity contribution in [3.05, 3.63) is 57.0 Å². The number of amides is 1. The molecule has 0 saturated carbocycles. The van der Waals surface area contributed by atoms with Gasteiger partial charge in [0.25, 0.3) is 11.3 Å². The lowest BCUT2D eigenvalue weighted by Gasteiger charge is -2.26. The normalized spacial score (nSPS) is 13.9. The van der Waals surface area contributed by atoms with Gasteiger partial charge in [-0.1, -0.05) is 41.9 Å². The highest BCUT2D eigenvalue weighted by atomic mass is 35.5. The molecule has 0 fully saturated rings. The van der Waals surface area contributed by atoms with E-state index in [4.69, 9.17) is 16.3 Å². The number of halogens is 1. The molecule has 1 aliphatic rings. The largest absolute Gasteiger partial charge is 0.482 e. The maximum atomic E-state index is 12.3. The summed E-state index contributed by atoms with van der Waals surface area (Å²) in [5.41, 5.74) is 0.483. The van der Waals surface area contributed by atoms with Gasteiger partial charge in [-0.25, -0.2) is 0 Å². The van der Waals surface area contributed by atoms with Gasteiger partial charge in [-0.15, -0.1) is 0 Å². The minimum atomic E-state index is -0.563. The van der Waals surface area contributed by atoms with Crippen LogP contribution in [-0.4, -0.2) is 34.2 Å². The fourth-order valence-electron chi connectivity index (χ4n) is 2.28. The van der Waals surface area contributed by atoms with Crippen LogP contribution in [-0.2, 0) is 13.2 Å². The smallest absolute Gasteiger partial charge is 0.275 e. The predicted molar refractivity (Wildman–Crippen MR) is 81.2 cm³/mol. The fraction of sp³-hybridized carbons (Fsp3) is 0.267. The molecule has 2 aromatic rings. The molecule has 0 N–H and O–H groups in total. The van der Waals surface area contributed by atoms with Crippen molar-refractivity contribution in [2.45, 2.75) is 13.2 Å². The number of aromatic nitrogens is 2. The fourth-order valence-corrected chi connectivity index (χ4v) is 2.46. The lowest BCUT2D eigenvalue weighted by Crippen LogP contribution is -2.40. The first-order valence-electron chi connectivity index (χ1n) is 6.80. The van der Waals surface area contributed by atoms with Gasteiger partial charge < -0.3 is 9.64 Å². The van der Waals surface area contributed by atoms with E-state index in [0.717, 1.165) is 5.56 Å². The van der Waals surface area contributed by atoms with E-state index in [1.165, 1.54) is 9.58 Å². The number of fused-ring (bicyclic) bond motifs is 1. The molecular weight excluding hydrogens is 306 g/mol. The van der Waals surface area contributed by atoms with Crippen LogP contribution in [0.25, 0.3) is 0 Å². The highest BCUT2D eigenvalue weighted by molar-refractivity contribution is 6.29. The Morgan fingerprint density at radius 2 is 1.95 bits per heavy atom. The Labute approximate surface area is 131 Å². The summed E-state index contributed by atoms with van der Waals surface area (Å²) >= 11 is 5.87. The maximum absolute atomic E-state index is 12.3. The van der Waals surface area contributed by atoms with Crippen molar-refractivity contribution < 1.29 is 9.53 Å². The van der Waals surface area contributed by atoms with E-state index in [9.17, 15) is 9.59 Å². The predicted octanol–water partition coefficient (Wildman–Crippen LogP) is 1.56. The van der Waals surface area contributed by atoms with Crippen molar-refractivity contribution in [2.75, 3.05) is 13.6 Å². The maximum Gasteiger partial charge on any atom is 0.275 e. The van der Waals surface area contributed by atoms with Crippen LogP contribution in [0.3, 0.4) is 0 Å². The molecule has 0 atom stereocenters. The molecule has 0 spiro atoms. The summed E-state index contributed by atoms with van der Waals surface area (Å²) in [6.07, 6.45) is 0. The summed E-state index contributed by atoms with van der Waals surface area (Å²) in [5, 5.41) is 3.77. The first-order chi connectivity index (χ1) is 10.6. The summed E-state index contributed by atoms with van der Waals surface area (Å²) in [6, 6.07) is 9.39. The first-order valence-corrected chi connectivity index (χ1v) is 7.18. The number of ether oxygens (including phenoxy) is 1. The van der Waals surface area contributed by atoms with Crippen LogP contribution in [0, 0.1) is 0 Å². The van der Waals surface area contributed by atoms with Crippen LogP contribution in [0.15, 0.2) is 35.1 Å². The Hall–Kier alpha value is -2.34. The number of carbonyl (C=O) groups is 1. The van der Waals surface area contributed by atoms with Crippen LogP contribution in [0.2, 0.25) is 5.15 Å². The molecule has 1 amide bonds. The van der Waals surface area contributed by atoms with E-state index in [0.29, 0.717) is 13.1 Å². The quantitative estimate of drug-likeness (QED) is 0.861. The van der Waals surface area contributed by atoms with Gasteiger partial charge in [0.1, 0.15) is 6.61 Å². The van der Waals surface area contributed by atoms with E-state index in [-0.39, 0.29) is 29.1 Å². The molecule has 0 bridgehead atoms. The topological polar surface area (TPSA) is 64.4 Å². The zero-order valence-electron chi connectivity index (χ0n) is 12.0. The summed E-state index contributed by atoms with van der Waals surface area (Å²) < 4.78 is 7.05. The van der Waals surface area contributed by atoms with Crippen molar-refractivity contribution in [2.24, 2.45) is 0 Å². The minimum Gasteiger partial charge on any atom is -0.482 e. The Morgan fingerprint density at radius 1 is 1.23 bits per heavy atom. The zero-order valence-corrected chi connectivity index (χ0v) is 12.7. The Morgan fingerprint density at radius 3 is 2.68 bits per heavy atom. The third-order valence-electron chi connectivity index (χ3n) is 3.50. The number of hydrogen-bond donors (Lipinski definition) is 0. The molecular formula is C15H14ClN3O3. The molecule has 22 heavy (non-hydrogen) atoms. The Balaban J connectivity index is 2.01. The van der Waals surface area contributed by atoms with Crippen LogP contribution in [0.4, 0.5) is 0 Å². The van der Waals surface area contributed by atoms with Crippen molar-refractivity contribution in [1.29, 1.82) is 0 Å². The molecule has 1 aromatic heterocycles. The molecule has 0 unspecified atom stereocenters. The second-order valence-corrected chi connectivity index (χ2v) is 5.38. The van der Waals surface area contributed by atoms with E-state index < -0.39 is 5.43 Å². The highest BCUT2D eigenvalue weighted by Crippen LogP contribution is 2.21. The average molecular weight is 320 g/mol. The van der Waals surface area contributed by atoms with Crippen molar-refractivity contribution in [1.82, 2.24) is 14.7 Å². The molecule has 7 heteroatoms. The Kier molecular flexibility index (Phi) is 3.85. The summed E-state index contributed by atoms with van der Waals surface area (Å²) in [5.74, 6) is -0.337. The third kappa shape index (κ3) is 2.57. The SMILES string of the molecule is CN1CCn2nc(Cl)c(=O)c(OCc3ccccc3)c2C1=O. The average Bonchev–Trinajstić information content (AvgIpc) is 2.53. The summed E-state index contributed by atoms with van der Waals surface area (Å²) in [7, 11) is 1.67. The van der Waals surface area contributed by atoms with E-state index >= 15 is 0 Å². The first kappa shape index (κ1) is 14.6.